The third kappa shape index (κ3) is 3.59. The molecule has 0 aliphatic carbocycles. The number of terminal acetylenes is 1. The molecule has 0 saturated carbocycles. The fourth-order valence-corrected chi connectivity index (χ4v) is 4.09. The van der Waals surface area contributed by atoms with Crippen LogP contribution in [0.15, 0.2) is 16.9 Å². The Balaban J connectivity index is 1.60. The molecular formula is C19H17BrF3N5O. The lowest BCUT2D eigenvalue weighted by atomic mass is 9.98. The number of carbonyl (C=O) groups is 1. The average Bonchev–Trinajstić information content (AvgIpc) is 3.00. The maximum absolute atomic E-state index is 14.9. The summed E-state index contributed by atoms with van der Waals surface area (Å²) in [7, 11) is 0. The zero-order chi connectivity index (χ0) is 20.8. The van der Waals surface area contributed by atoms with Crippen LogP contribution in [0.4, 0.5) is 23.7 Å². The molecule has 0 saturated heterocycles. The van der Waals surface area contributed by atoms with Gasteiger partial charge in [-0.2, -0.15) is 13.9 Å². The van der Waals surface area contributed by atoms with Gasteiger partial charge in [0, 0.05) is 37.1 Å². The van der Waals surface area contributed by atoms with Crippen molar-refractivity contribution in [1.82, 2.24) is 19.7 Å². The third-order valence-corrected chi connectivity index (χ3v) is 5.81. The first kappa shape index (κ1) is 19.8. The lowest BCUT2D eigenvalue weighted by molar-refractivity contribution is -0.0211. The third-order valence-electron chi connectivity index (χ3n) is 5.26. The molecule has 0 bridgehead atoms. The van der Waals surface area contributed by atoms with Crippen LogP contribution in [0.2, 0.25) is 0 Å². The maximum atomic E-state index is 14.9. The number of urea groups is 1. The SMILES string of the molecule is C#CC1CCC(F)(F)c2c3c(nn2C1)CCN(C(=O)Nc1ccnc(Br)c1F)C3. The van der Waals surface area contributed by atoms with Gasteiger partial charge in [-0.25, -0.2) is 14.2 Å². The number of anilines is 1. The summed E-state index contributed by atoms with van der Waals surface area (Å²) in [5.74, 6) is -1.53. The number of pyridine rings is 1. The van der Waals surface area contributed by atoms with Crippen molar-refractivity contribution in [3.63, 3.8) is 0 Å². The summed E-state index contributed by atoms with van der Waals surface area (Å²) >= 11 is 2.96. The van der Waals surface area contributed by atoms with Crippen LogP contribution >= 0.6 is 15.9 Å². The summed E-state index contributed by atoms with van der Waals surface area (Å²) < 4.78 is 45.1. The van der Waals surface area contributed by atoms with E-state index in [1.54, 1.807) is 0 Å². The van der Waals surface area contributed by atoms with Crippen molar-refractivity contribution in [3.8, 4) is 12.3 Å². The van der Waals surface area contributed by atoms with Gasteiger partial charge in [-0.05, 0) is 28.4 Å². The van der Waals surface area contributed by atoms with Crippen LogP contribution in [0, 0.1) is 24.1 Å². The molecule has 0 aromatic carbocycles. The molecule has 2 aliphatic heterocycles. The molecule has 4 heterocycles. The van der Waals surface area contributed by atoms with Crippen LogP contribution < -0.4 is 5.32 Å². The van der Waals surface area contributed by atoms with E-state index in [0.29, 0.717) is 17.7 Å². The summed E-state index contributed by atoms with van der Waals surface area (Å²) in [6.45, 7) is 0.491. The highest BCUT2D eigenvalue weighted by molar-refractivity contribution is 9.10. The topological polar surface area (TPSA) is 63.1 Å². The first-order chi connectivity index (χ1) is 13.8. The number of carbonyl (C=O) groups excluding carboxylic acids is 1. The number of nitrogens with one attached hydrogen (secondary N) is 1. The van der Waals surface area contributed by atoms with Crippen LogP contribution in [-0.2, 0) is 25.4 Å². The Morgan fingerprint density at radius 2 is 2.24 bits per heavy atom. The number of aromatic nitrogens is 3. The fraction of sp³-hybridized carbons (Fsp3) is 0.421. The van der Waals surface area contributed by atoms with E-state index in [1.165, 1.54) is 21.8 Å². The average molecular weight is 468 g/mol. The largest absolute Gasteiger partial charge is 0.322 e. The van der Waals surface area contributed by atoms with E-state index in [4.69, 9.17) is 6.42 Å². The maximum Gasteiger partial charge on any atom is 0.322 e. The molecule has 152 valence electrons. The van der Waals surface area contributed by atoms with E-state index < -0.39 is 17.8 Å². The quantitative estimate of drug-likeness (QED) is 0.510. The molecular weight excluding hydrogens is 451 g/mol. The van der Waals surface area contributed by atoms with E-state index in [9.17, 15) is 18.0 Å². The number of hydrogen-bond donors (Lipinski definition) is 1. The monoisotopic (exact) mass is 467 g/mol. The van der Waals surface area contributed by atoms with Gasteiger partial charge in [-0.3, -0.25) is 4.68 Å². The van der Waals surface area contributed by atoms with Crippen molar-refractivity contribution < 1.29 is 18.0 Å². The molecule has 0 spiro atoms. The number of amides is 2. The van der Waals surface area contributed by atoms with Crippen molar-refractivity contribution >= 4 is 27.6 Å². The Bertz CT molecular complexity index is 1020. The Kier molecular flexibility index (Phi) is 5.02. The number of hydrogen-bond acceptors (Lipinski definition) is 3. The Hall–Kier alpha value is -2.54. The molecule has 2 amide bonds. The second-order valence-electron chi connectivity index (χ2n) is 7.13. The summed E-state index contributed by atoms with van der Waals surface area (Å²) in [6.07, 6.45) is 6.99. The minimum absolute atomic E-state index is 0.0269. The molecule has 29 heavy (non-hydrogen) atoms. The van der Waals surface area contributed by atoms with Crippen LogP contribution in [0.5, 0.6) is 0 Å². The molecule has 0 fully saturated rings. The van der Waals surface area contributed by atoms with Crippen LogP contribution in [0.25, 0.3) is 0 Å². The van der Waals surface area contributed by atoms with Gasteiger partial charge in [0.15, 0.2) is 5.82 Å². The molecule has 10 heteroatoms. The minimum Gasteiger partial charge on any atom is -0.320 e. The van der Waals surface area contributed by atoms with Gasteiger partial charge in [0.2, 0.25) is 0 Å². The van der Waals surface area contributed by atoms with Crippen molar-refractivity contribution in [2.24, 2.45) is 5.92 Å². The first-order valence-corrected chi connectivity index (χ1v) is 9.88. The predicted molar refractivity (Wildman–Crippen MR) is 103 cm³/mol. The molecule has 4 rings (SSSR count). The Labute approximate surface area is 173 Å². The molecule has 6 nitrogen and oxygen atoms in total. The predicted octanol–water partition coefficient (Wildman–Crippen LogP) is 3.90. The summed E-state index contributed by atoms with van der Waals surface area (Å²) in [5.41, 5.74) is 0.698. The van der Waals surface area contributed by atoms with E-state index in [1.807, 2.05) is 0 Å². The minimum atomic E-state index is -3.08. The molecule has 1 atom stereocenters. The van der Waals surface area contributed by atoms with Crippen molar-refractivity contribution in [2.75, 3.05) is 11.9 Å². The highest BCUT2D eigenvalue weighted by Gasteiger charge is 2.43. The molecule has 2 aliphatic rings. The highest BCUT2D eigenvalue weighted by Crippen LogP contribution is 2.41. The standard InChI is InChI=1S/C19H17BrF3N5O/c1-2-11-3-6-19(22,23)16-12-10-27(8-5-13(12)26-28(16)9-11)18(29)25-14-4-7-24-17(20)15(14)21/h1,4,7,11H,3,5-6,8-10H2,(H,24,25,29). The normalized spacial score (nSPS) is 20.2. The van der Waals surface area contributed by atoms with E-state index in [-0.39, 0.29) is 54.4 Å². The number of alkyl halides is 2. The van der Waals surface area contributed by atoms with Crippen molar-refractivity contribution in [3.05, 3.63) is 39.6 Å². The Morgan fingerprint density at radius 1 is 1.45 bits per heavy atom. The first-order valence-electron chi connectivity index (χ1n) is 9.09. The van der Waals surface area contributed by atoms with Gasteiger partial charge in [0.1, 0.15) is 10.3 Å². The number of rotatable bonds is 1. The highest BCUT2D eigenvalue weighted by atomic mass is 79.9. The molecule has 2 aromatic rings. The van der Waals surface area contributed by atoms with Gasteiger partial charge in [0.05, 0.1) is 24.5 Å². The van der Waals surface area contributed by atoms with Gasteiger partial charge >= 0.3 is 6.03 Å². The number of fused-ring (bicyclic) bond motifs is 3. The lowest BCUT2D eigenvalue weighted by Crippen LogP contribution is -2.39. The zero-order valence-electron chi connectivity index (χ0n) is 15.3. The smallest absolute Gasteiger partial charge is 0.320 e. The summed E-state index contributed by atoms with van der Waals surface area (Å²) in [6, 6.07) is 0.749. The van der Waals surface area contributed by atoms with Gasteiger partial charge in [0.25, 0.3) is 5.92 Å². The fourth-order valence-electron chi connectivity index (χ4n) is 3.76. The Morgan fingerprint density at radius 3 is 3.00 bits per heavy atom. The van der Waals surface area contributed by atoms with Crippen LogP contribution in [0.1, 0.15) is 29.8 Å². The number of halogens is 4. The molecule has 0 radical (unpaired) electrons. The lowest BCUT2D eigenvalue weighted by Gasteiger charge is -2.28. The molecule has 1 N–H and O–H groups in total. The molecule has 1 unspecified atom stereocenters. The van der Waals surface area contributed by atoms with E-state index >= 15 is 0 Å². The second-order valence-corrected chi connectivity index (χ2v) is 7.88. The van der Waals surface area contributed by atoms with E-state index in [2.05, 4.69) is 37.2 Å². The van der Waals surface area contributed by atoms with Gasteiger partial charge < -0.3 is 10.2 Å². The number of nitrogens with zero attached hydrogens (tertiary/aromatic N) is 4. The van der Waals surface area contributed by atoms with Gasteiger partial charge in [-0.1, -0.05) is 0 Å². The summed E-state index contributed by atoms with van der Waals surface area (Å²) in [4.78, 5) is 17.7. The summed E-state index contributed by atoms with van der Waals surface area (Å²) in [5, 5.41) is 6.83. The zero-order valence-corrected chi connectivity index (χ0v) is 16.8. The second kappa shape index (κ2) is 7.37. The van der Waals surface area contributed by atoms with Crippen molar-refractivity contribution in [2.45, 2.75) is 38.3 Å². The van der Waals surface area contributed by atoms with Crippen LogP contribution in [0.3, 0.4) is 0 Å². The van der Waals surface area contributed by atoms with Gasteiger partial charge in [-0.15, -0.1) is 12.3 Å². The van der Waals surface area contributed by atoms with Crippen LogP contribution in [-0.4, -0.2) is 32.2 Å². The van der Waals surface area contributed by atoms with Crippen molar-refractivity contribution in [1.29, 1.82) is 0 Å². The molecule has 2 aromatic heterocycles. The van der Waals surface area contributed by atoms with E-state index in [0.717, 1.165) is 0 Å².